The highest BCUT2D eigenvalue weighted by atomic mass is 16.5. The van der Waals surface area contributed by atoms with Gasteiger partial charge in [-0.1, -0.05) is 37.6 Å². The molecule has 0 unspecified atom stereocenters. The maximum Gasteiger partial charge on any atom is 0.0665 e. The standard InChI is InChI=1S/C13H19NO.C2H6/c1-9-6-7-10-11(8-9)13(4,5)14(15)12(10,2)3;1-2/h6-8,15H,1-5H3;1-2H3. The van der Waals surface area contributed by atoms with Crippen molar-refractivity contribution in [3.63, 3.8) is 0 Å². The minimum Gasteiger partial charge on any atom is -0.312 e. The second kappa shape index (κ2) is 4.43. The van der Waals surface area contributed by atoms with Crippen LogP contribution in [-0.4, -0.2) is 10.3 Å². The fraction of sp³-hybridized carbons (Fsp3) is 0.600. The molecule has 0 amide bonds. The van der Waals surface area contributed by atoms with E-state index in [2.05, 4.69) is 52.8 Å². The molecule has 1 N–H and O–H groups in total. The molecule has 1 aliphatic heterocycles. The maximum atomic E-state index is 10.2. The van der Waals surface area contributed by atoms with Crippen LogP contribution in [0.4, 0.5) is 0 Å². The first kappa shape index (κ1) is 14.2. The molecule has 2 nitrogen and oxygen atoms in total. The predicted octanol–water partition coefficient (Wildman–Crippen LogP) is 4.20. The van der Waals surface area contributed by atoms with Gasteiger partial charge in [-0.05, 0) is 45.7 Å². The maximum absolute atomic E-state index is 10.2. The topological polar surface area (TPSA) is 23.5 Å². The first-order valence-corrected chi connectivity index (χ1v) is 6.39. The fourth-order valence-corrected chi connectivity index (χ4v) is 2.62. The summed E-state index contributed by atoms with van der Waals surface area (Å²) >= 11 is 0. The minimum absolute atomic E-state index is 0.299. The van der Waals surface area contributed by atoms with Gasteiger partial charge in [0.05, 0.1) is 11.1 Å². The Balaban J connectivity index is 0.000000686. The van der Waals surface area contributed by atoms with Gasteiger partial charge < -0.3 is 5.21 Å². The van der Waals surface area contributed by atoms with Crippen LogP contribution >= 0.6 is 0 Å². The lowest BCUT2D eigenvalue weighted by Gasteiger charge is -2.34. The van der Waals surface area contributed by atoms with Crippen LogP contribution in [0.2, 0.25) is 0 Å². The average Bonchev–Trinajstić information content (AvgIpc) is 2.41. The normalized spacial score (nSPS) is 20.5. The van der Waals surface area contributed by atoms with Gasteiger partial charge in [-0.3, -0.25) is 0 Å². The largest absolute Gasteiger partial charge is 0.312 e. The SMILES string of the molecule is CC.Cc1ccc2c(c1)C(C)(C)N(O)C2(C)C. The van der Waals surface area contributed by atoms with E-state index in [0.717, 1.165) is 0 Å². The average molecular weight is 235 g/mol. The number of benzene rings is 1. The summed E-state index contributed by atoms with van der Waals surface area (Å²) in [4.78, 5) is 0. The third-order valence-electron chi connectivity index (χ3n) is 3.55. The molecule has 17 heavy (non-hydrogen) atoms. The van der Waals surface area contributed by atoms with E-state index in [1.807, 2.05) is 13.8 Å². The lowest BCUT2D eigenvalue weighted by molar-refractivity contribution is -0.216. The van der Waals surface area contributed by atoms with Gasteiger partial charge >= 0.3 is 0 Å². The van der Waals surface area contributed by atoms with Crippen molar-refractivity contribution < 1.29 is 5.21 Å². The molecule has 0 aliphatic carbocycles. The number of nitrogens with zero attached hydrogens (tertiary/aromatic N) is 1. The number of fused-ring (bicyclic) bond motifs is 1. The summed E-state index contributed by atoms with van der Waals surface area (Å²) in [5.74, 6) is 0. The molecule has 2 rings (SSSR count). The van der Waals surface area contributed by atoms with Crippen molar-refractivity contribution in [2.45, 2.75) is 59.5 Å². The molecule has 1 heterocycles. The van der Waals surface area contributed by atoms with Gasteiger partial charge in [-0.2, -0.15) is 5.06 Å². The summed E-state index contributed by atoms with van der Waals surface area (Å²) < 4.78 is 0. The molecule has 0 saturated heterocycles. The predicted molar refractivity (Wildman–Crippen MR) is 72.2 cm³/mol. The summed E-state index contributed by atoms with van der Waals surface area (Å²) in [5, 5.41) is 11.7. The zero-order valence-electron chi connectivity index (χ0n) is 12.1. The minimum atomic E-state index is -0.301. The van der Waals surface area contributed by atoms with Crippen molar-refractivity contribution in [1.82, 2.24) is 5.06 Å². The Hall–Kier alpha value is -0.860. The number of hydroxylamine groups is 2. The molecule has 0 fully saturated rings. The number of rotatable bonds is 0. The molecule has 0 radical (unpaired) electrons. The molecule has 2 heteroatoms. The molecule has 0 atom stereocenters. The van der Waals surface area contributed by atoms with Gasteiger partial charge in [-0.15, -0.1) is 0 Å². The van der Waals surface area contributed by atoms with E-state index in [4.69, 9.17) is 0 Å². The summed E-state index contributed by atoms with van der Waals surface area (Å²) in [6.45, 7) is 14.3. The highest BCUT2D eigenvalue weighted by Gasteiger charge is 2.48. The number of aryl methyl sites for hydroxylation is 1. The van der Waals surface area contributed by atoms with Crippen molar-refractivity contribution in [1.29, 1.82) is 0 Å². The van der Waals surface area contributed by atoms with Crippen molar-refractivity contribution >= 4 is 0 Å². The third-order valence-corrected chi connectivity index (χ3v) is 3.55. The van der Waals surface area contributed by atoms with Crippen molar-refractivity contribution in [3.05, 3.63) is 34.9 Å². The molecule has 1 aromatic rings. The zero-order chi connectivity index (χ0) is 13.4. The smallest absolute Gasteiger partial charge is 0.0665 e. The van der Waals surface area contributed by atoms with Gasteiger partial charge in [-0.25, -0.2) is 0 Å². The Kier molecular flexibility index (Phi) is 3.70. The van der Waals surface area contributed by atoms with Crippen LogP contribution < -0.4 is 0 Å². The molecule has 0 spiro atoms. The van der Waals surface area contributed by atoms with Crippen molar-refractivity contribution in [3.8, 4) is 0 Å². The second-order valence-electron chi connectivity index (χ2n) is 5.48. The van der Waals surface area contributed by atoms with E-state index < -0.39 is 0 Å². The van der Waals surface area contributed by atoms with Crippen molar-refractivity contribution in [2.24, 2.45) is 0 Å². The van der Waals surface area contributed by atoms with Crippen LogP contribution in [0.1, 0.15) is 58.2 Å². The van der Waals surface area contributed by atoms with Crippen LogP contribution in [0.5, 0.6) is 0 Å². The summed E-state index contributed by atoms with van der Waals surface area (Å²) in [7, 11) is 0. The quantitative estimate of drug-likeness (QED) is 0.728. The summed E-state index contributed by atoms with van der Waals surface area (Å²) in [5.41, 5.74) is 3.10. The summed E-state index contributed by atoms with van der Waals surface area (Å²) in [6.07, 6.45) is 0. The first-order valence-electron chi connectivity index (χ1n) is 6.39. The molecular weight excluding hydrogens is 210 g/mol. The van der Waals surface area contributed by atoms with E-state index in [1.165, 1.54) is 21.8 Å². The molecule has 0 aromatic heterocycles. The Morgan fingerprint density at radius 3 is 1.94 bits per heavy atom. The Labute approximate surface area is 105 Å². The molecule has 0 saturated carbocycles. The van der Waals surface area contributed by atoms with Crippen LogP contribution in [0.3, 0.4) is 0 Å². The van der Waals surface area contributed by atoms with Crippen LogP contribution in [0.15, 0.2) is 18.2 Å². The van der Waals surface area contributed by atoms with Gasteiger partial charge in [0, 0.05) is 0 Å². The molecule has 1 aliphatic rings. The fourth-order valence-electron chi connectivity index (χ4n) is 2.62. The van der Waals surface area contributed by atoms with Crippen LogP contribution in [0.25, 0.3) is 0 Å². The van der Waals surface area contributed by atoms with Gasteiger partial charge in [0.2, 0.25) is 0 Å². The third kappa shape index (κ3) is 2.00. The van der Waals surface area contributed by atoms with Gasteiger partial charge in [0.1, 0.15) is 0 Å². The molecule has 0 bridgehead atoms. The van der Waals surface area contributed by atoms with E-state index >= 15 is 0 Å². The van der Waals surface area contributed by atoms with E-state index in [9.17, 15) is 5.21 Å². The van der Waals surface area contributed by atoms with Gasteiger partial charge in [0.15, 0.2) is 0 Å². The van der Waals surface area contributed by atoms with E-state index in [1.54, 1.807) is 0 Å². The van der Waals surface area contributed by atoms with Crippen molar-refractivity contribution in [2.75, 3.05) is 0 Å². The monoisotopic (exact) mass is 235 g/mol. The number of hydrogen-bond donors (Lipinski definition) is 1. The van der Waals surface area contributed by atoms with Crippen LogP contribution in [-0.2, 0) is 11.1 Å². The lowest BCUT2D eigenvalue weighted by atomic mass is 9.89. The highest BCUT2D eigenvalue weighted by molar-refractivity contribution is 5.44. The van der Waals surface area contributed by atoms with E-state index in [0.29, 0.717) is 0 Å². The molecule has 96 valence electrons. The van der Waals surface area contributed by atoms with Gasteiger partial charge in [0.25, 0.3) is 0 Å². The Morgan fingerprint density at radius 1 is 0.941 bits per heavy atom. The Morgan fingerprint density at radius 2 is 1.41 bits per heavy atom. The highest BCUT2D eigenvalue weighted by Crippen LogP contribution is 2.47. The molecule has 1 aromatic carbocycles. The van der Waals surface area contributed by atoms with Crippen LogP contribution in [0, 0.1) is 6.92 Å². The second-order valence-corrected chi connectivity index (χ2v) is 5.48. The summed E-state index contributed by atoms with van der Waals surface area (Å²) in [6, 6.07) is 6.41. The number of hydrogen-bond acceptors (Lipinski definition) is 2. The van der Waals surface area contributed by atoms with E-state index in [-0.39, 0.29) is 11.1 Å². The molecular formula is C15H25NO. The first-order chi connectivity index (χ1) is 7.78. The zero-order valence-corrected chi connectivity index (χ0v) is 12.1. The Bertz CT molecular complexity index is 407. The lowest BCUT2D eigenvalue weighted by Crippen LogP contribution is -2.42.